The predicted molar refractivity (Wildman–Crippen MR) is 64.7 cm³/mol. The smallest absolute Gasteiger partial charge is 0.193 e. The molecule has 80 valence electrons. The molecule has 0 atom stereocenters. The summed E-state index contributed by atoms with van der Waals surface area (Å²) in [6, 6.07) is 5.57. The van der Waals surface area contributed by atoms with E-state index in [-0.39, 0.29) is 0 Å². The van der Waals surface area contributed by atoms with Crippen LogP contribution in [0.4, 0.5) is 5.69 Å². The van der Waals surface area contributed by atoms with E-state index in [1.165, 1.54) is 0 Å². The molecule has 0 aliphatic heterocycles. The van der Waals surface area contributed by atoms with Crippen molar-refractivity contribution in [3.63, 3.8) is 0 Å². The molecular formula is C10H11Cl2N3. The van der Waals surface area contributed by atoms with Crippen LogP contribution in [-0.4, -0.2) is 12.0 Å². The van der Waals surface area contributed by atoms with Crippen LogP contribution >= 0.6 is 23.2 Å². The summed E-state index contributed by atoms with van der Waals surface area (Å²) in [5.74, 6) is 0.413. The summed E-state index contributed by atoms with van der Waals surface area (Å²) in [5.41, 5.74) is 6.46. The maximum absolute atomic E-state index is 5.85. The number of anilines is 1. The van der Waals surface area contributed by atoms with E-state index < -0.39 is 0 Å². The number of rotatable bonds is 2. The van der Waals surface area contributed by atoms with Crippen LogP contribution < -0.4 is 11.1 Å². The molecule has 0 aromatic heterocycles. The largest absolute Gasteiger partial charge is 0.370 e. The molecule has 0 spiro atoms. The van der Waals surface area contributed by atoms with Crippen molar-refractivity contribution in [2.75, 3.05) is 5.32 Å². The lowest BCUT2D eigenvalue weighted by Crippen LogP contribution is -2.23. The van der Waals surface area contributed by atoms with Gasteiger partial charge in [0.05, 0.1) is 6.04 Å². The van der Waals surface area contributed by atoms with Crippen LogP contribution in [0.2, 0.25) is 10.0 Å². The highest BCUT2D eigenvalue weighted by Crippen LogP contribution is 2.24. The SMILES string of the molecule is NC(=NC1CC1)Nc1cc(Cl)cc(Cl)c1. The quantitative estimate of drug-likeness (QED) is 0.620. The average molecular weight is 244 g/mol. The van der Waals surface area contributed by atoms with Gasteiger partial charge in [0.25, 0.3) is 0 Å². The van der Waals surface area contributed by atoms with Crippen LogP contribution in [0.3, 0.4) is 0 Å². The van der Waals surface area contributed by atoms with Crippen LogP contribution in [0.5, 0.6) is 0 Å². The van der Waals surface area contributed by atoms with Crippen molar-refractivity contribution in [3.05, 3.63) is 28.2 Å². The summed E-state index contributed by atoms with van der Waals surface area (Å²) < 4.78 is 0. The molecule has 15 heavy (non-hydrogen) atoms. The maximum atomic E-state index is 5.85. The Labute approximate surface area is 98.3 Å². The first kappa shape index (κ1) is 10.6. The van der Waals surface area contributed by atoms with Gasteiger partial charge in [-0.05, 0) is 31.0 Å². The Morgan fingerprint density at radius 2 is 1.87 bits per heavy atom. The zero-order valence-electron chi connectivity index (χ0n) is 8.00. The molecule has 1 fully saturated rings. The number of nitrogens with two attached hydrogens (primary N) is 1. The second-order valence-corrected chi connectivity index (χ2v) is 4.40. The van der Waals surface area contributed by atoms with Crippen molar-refractivity contribution in [1.82, 2.24) is 0 Å². The molecule has 2 rings (SSSR count). The molecule has 0 amide bonds. The van der Waals surface area contributed by atoms with E-state index in [0.29, 0.717) is 22.0 Å². The minimum Gasteiger partial charge on any atom is -0.370 e. The van der Waals surface area contributed by atoms with Crippen molar-refractivity contribution < 1.29 is 0 Å². The third kappa shape index (κ3) is 3.29. The van der Waals surface area contributed by atoms with Crippen LogP contribution in [-0.2, 0) is 0 Å². The molecule has 5 heteroatoms. The first-order valence-corrected chi connectivity index (χ1v) is 5.45. The Hall–Kier alpha value is -0.930. The number of aliphatic imine (C=N–C) groups is 1. The Bertz CT molecular complexity index is 379. The van der Waals surface area contributed by atoms with E-state index >= 15 is 0 Å². The van der Waals surface area contributed by atoms with Gasteiger partial charge in [0.15, 0.2) is 5.96 Å². The average Bonchev–Trinajstić information content (AvgIpc) is 2.85. The van der Waals surface area contributed by atoms with Gasteiger partial charge >= 0.3 is 0 Å². The van der Waals surface area contributed by atoms with E-state index in [4.69, 9.17) is 28.9 Å². The predicted octanol–water partition coefficient (Wildman–Crippen LogP) is 2.88. The highest BCUT2D eigenvalue weighted by atomic mass is 35.5. The van der Waals surface area contributed by atoms with Gasteiger partial charge in [0.1, 0.15) is 0 Å². The zero-order valence-corrected chi connectivity index (χ0v) is 9.52. The topological polar surface area (TPSA) is 50.4 Å². The van der Waals surface area contributed by atoms with Gasteiger partial charge in [-0.3, -0.25) is 0 Å². The summed E-state index contributed by atoms with van der Waals surface area (Å²) in [4.78, 5) is 4.24. The van der Waals surface area contributed by atoms with Crippen molar-refractivity contribution >= 4 is 34.8 Å². The van der Waals surface area contributed by atoms with E-state index in [9.17, 15) is 0 Å². The fourth-order valence-corrected chi connectivity index (χ4v) is 1.73. The van der Waals surface area contributed by atoms with Crippen molar-refractivity contribution in [1.29, 1.82) is 0 Å². The number of hydrogen-bond donors (Lipinski definition) is 2. The van der Waals surface area contributed by atoms with Crippen LogP contribution in [0, 0.1) is 0 Å². The highest BCUT2D eigenvalue weighted by molar-refractivity contribution is 6.35. The Morgan fingerprint density at radius 3 is 2.40 bits per heavy atom. The fourth-order valence-electron chi connectivity index (χ4n) is 1.21. The molecule has 3 nitrogen and oxygen atoms in total. The number of nitrogens with one attached hydrogen (secondary N) is 1. The first-order valence-electron chi connectivity index (χ1n) is 4.70. The minimum atomic E-state index is 0.396. The third-order valence-corrected chi connectivity index (χ3v) is 2.44. The summed E-state index contributed by atoms with van der Waals surface area (Å²) in [5, 5.41) is 4.10. The molecule has 0 unspecified atom stereocenters. The molecule has 1 aliphatic rings. The highest BCUT2D eigenvalue weighted by Gasteiger charge is 2.20. The molecule has 1 saturated carbocycles. The molecule has 1 aromatic carbocycles. The number of hydrogen-bond acceptors (Lipinski definition) is 1. The van der Waals surface area contributed by atoms with Gasteiger partial charge in [-0.25, -0.2) is 4.99 Å². The van der Waals surface area contributed by atoms with Crippen molar-refractivity contribution in [3.8, 4) is 0 Å². The molecule has 1 aromatic rings. The summed E-state index contributed by atoms with van der Waals surface area (Å²) in [6.45, 7) is 0. The Balaban J connectivity index is 2.09. The molecule has 1 aliphatic carbocycles. The molecular weight excluding hydrogens is 233 g/mol. The van der Waals surface area contributed by atoms with Gasteiger partial charge in [-0.1, -0.05) is 23.2 Å². The van der Waals surface area contributed by atoms with Gasteiger partial charge < -0.3 is 11.1 Å². The van der Waals surface area contributed by atoms with E-state index in [0.717, 1.165) is 18.5 Å². The molecule has 0 radical (unpaired) electrons. The summed E-state index contributed by atoms with van der Waals surface area (Å²) in [7, 11) is 0. The Kier molecular flexibility index (Phi) is 3.03. The van der Waals surface area contributed by atoms with Gasteiger partial charge in [-0.2, -0.15) is 0 Å². The minimum absolute atomic E-state index is 0.396. The number of guanidine groups is 1. The summed E-state index contributed by atoms with van der Waals surface area (Å²) >= 11 is 11.7. The monoisotopic (exact) mass is 243 g/mol. The molecule has 0 saturated heterocycles. The van der Waals surface area contributed by atoms with E-state index in [1.807, 2.05) is 0 Å². The van der Waals surface area contributed by atoms with Crippen LogP contribution in [0.15, 0.2) is 23.2 Å². The standard InChI is InChI=1S/C10H11Cl2N3/c11-6-3-7(12)5-9(4-6)15-10(13)14-8-1-2-8/h3-5,8H,1-2H2,(H3,13,14,15). The zero-order chi connectivity index (χ0) is 10.8. The van der Waals surface area contributed by atoms with Crippen LogP contribution in [0.1, 0.15) is 12.8 Å². The lowest BCUT2D eigenvalue weighted by atomic mass is 10.3. The van der Waals surface area contributed by atoms with Gasteiger partial charge in [0.2, 0.25) is 0 Å². The van der Waals surface area contributed by atoms with Crippen molar-refractivity contribution in [2.45, 2.75) is 18.9 Å². The summed E-state index contributed by atoms with van der Waals surface area (Å²) in [6.07, 6.45) is 2.25. The second kappa shape index (κ2) is 4.29. The normalized spacial score (nSPS) is 16.5. The maximum Gasteiger partial charge on any atom is 0.193 e. The lowest BCUT2D eigenvalue weighted by Gasteiger charge is -2.06. The Morgan fingerprint density at radius 1 is 1.27 bits per heavy atom. The molecule has 0 heterocycles. The third-order valence-electron chi connectivity index (χ3n) is 2.00. The molecule has 3 N–H and O–H groups in total. The van der Waals surface area contributed by atoms with Crippen molar-refractivity contribution in [2.24, 2.45) is 10.7 Å². The fraction of sp³-hybridized carbons (Fsp3) is 0.300. The number of halogens is 2. The molecule has 0 bridgehead atoms. The lowest BCUT2D eigenvalue weighted by molar-refractivity contribution is 1.06. The second-order valence-electron chi connectivity index (χ2n) is 3.53. The van der Waals surface area contributed by atoms with Gasteiger partial charge in [-0.15, -0.1) is 0 Å². The van der Waals surface area contributed by atoms with E-state index in [2.05, 4.69) is 10.3 Å². The van der Waals surface area contributed by atoms with Gasteiger partial charge in [0, 0.05) is 15.7 Å². The number of nitrogens with zero attached hydrogens (tertiary/aromatic N) is 1. The van der Waals surface area contributed by atoms with Crippen LogP contribution in [0.25, 0.3) is 0 Å². The van der Waals surface area contributed by atoms with E-state index in [1.54, 1.807) is 18.2 Å². The first-order chi connectivity index (χ1) is 7.13. The number of benzene rings is 1.